The molecule has 5 aromatic rings. The summed E-state index contributed by atoms with van der Waals surface area (Å²) < 4.78 is 0. The molecule has 29 heavy (non-hydrogen) atoms. The van der Waals surface area contributed by atoms with Gasteiger partial charge in [0.25, 0.3) is 0 Å². The first-order chi connectivity index (χ1) is 14.3. The summed E-state index contributed by atoms with van der Waals surface area (Å²) in [4.78, 5) is 9.79. The summed E-state index contributed by atoms with van der Waals surface area (Å²) in [6, 6.07) is 25.6. The van der Waals surface area contributed by atoms with E-state index in [0.717, 1.165) is 51.0 Å². The minimum atomic E-state index is 0.968. The zero-order valence-electron chi connectivity index (χ0n) is 16.2. The second-order valence-corrected chi connectivity index (χ2v) is 7.82. The molecule has 5 rings (SSSR count). The van der Waals surface area contributed by atoms with Gasteiger partial charge in [0.15, 0.2) is 0 Å². The van der Waals surface area contributed by atoms with Crippen molar-refractivity contribution in [1.82, 2.24) is 9.97 Å². The van der Waals surface area contributed by atoms with Gasteiger partial charge in [0.05, 0.1) is 16.9 Å². The molecule has 0 aliphatic rings. The highest BCUT2D eigenvalue weighted by Crippen LogP contribution is 2.36. The first-order valence-corrected chi connectivity index (χ1v) is 10.7. The molecule has 0 unspecified atom stereocenters. The van der Waals surface area contributed by atoms with E-state index in [-0.39, 0.29) is 0 Å². The van der Waals surface area contributed by atoms with Gasteiger partial charge < -0.3 is 0 Å². The van der Waals surface area contributed by atoms with Crippen LogP contribution in [0.25, 0.3) is 44.5 Å². The second kappa shape index (κ2) is 7.61. The molecule has 3 heteroatoms. The van der Waals surface area contributed by atoms with Crippen molar-refractivity contribution in [2.24, 2.45) is 0 Å². The zero-order valence-corrected chi connectivity index (χ0v) is 17.0. The van der Waals surface area contributed by atoms with Gasteiger partial charge in [0.1, 0.15) is 0 Å². The van der Waals surface area contributed by atoms with Crippen LogP contribution < -0.4 is 0 Å². The normalized spacial score (nSPS) is 11.1. The van der Waals surface area contributed by atoms with E-state index >= 15 is 0 Å². The molecule has 0 radical (unpaired) electrons. The number of aryl methyl sites for hydroxylation is 1. The third-order valence-electron chi connectivity index (χ3n) is 5.26. The van der Waals surface area contributed by atoms with Gasteiger partial charge >= 0.3 is 0 Å². The molecule has 0 amide bonds. The lowest BCUT2D eigenvalue weighted by molar-refractivity contribution is 1.14. The summed E-state index contributed by atoms with van der Waals surface area (Å²) in [6.07, 6.45) is 2.89. The van der Waals surface area contributed by atoms with Crippen LogP contribution in [0, 0.1) is 0 Å². The monoisotopic (exact) mass is 392 g/mol. The zero-order chi connectivity index (χ0) is 19.6. The summed E-state index contributed by atoms with van der Waals surface area (Å²) >= 11 is 1.69. The molecule has 2 aromatic carbocycles. The fourth-order valence-electron chi connectivity index (χ4n) is 3.68. The van der Waals surface area contributed by atoms with Crippen molar-refractivity contribution in [2.45, 2.75) is 13.3 Å². The Kier molecular flexibility index (Phi) is 4.66. The van der Waals surface area contributed by atoms with Crippen molar-refractivity contribution in [3.05, 3.63) is 95.3 Å². The highest BCUT2D eigenvalue weighted by atomic mass is 32.1. The molecule has 0 fully saturated rings. The Morgan fingerprint density at radius 3 is 2.34 bits per heavy atom. The lowest BCUT2D eigenvalue weighted by Crippen LogP contribution is -1.94. The highest BCUT2D eigenvalue weighted by molar-refractivity contribution is 7.08. The fraction of sp³-hybridized carbons (Fsp3) is 0.0769. The van der Waals surface area contributed by atoms with Gasteiger partial charge in [0, 0.05) is 33.7 Å². The molecule has 3 aromatic heterocycles. The van der Waals surface area contributed by atoms with Gasteiger partial charge in [-0.25, -0.2) is 4.98 Å². The standard InChI is InChI=1S/C26H20N2S/c1-2-18-8-10-20(11-9-18)26-22(19-6-4-3-5-7-19)16-23-24(28-26)12-14-27-25(23)21-13-15-29-17-21/h3-17H,2H2,1H3. The van der Waals surface area contributed by atoms with Crippen LogP contribution in [0.5, 0.6) is 0 Å². The molecule has 0 saturated carbocycles. The molecule has 0 bridgehead atoms. The van der Waals surface area contributed by atoms with Crippen LogP contribution in [-0.2, 0) is 6.42 Å². The number of benzene rings is 2. The van der Waals surface area contributed by atoms with Crippen molar-refractivity contribution >= 4 is 22.2 Å². The Morgan fingerprint density at radius 1 is 0.793 bits per heavy atom. The van der Waals surface area contributed by atoms with E-state index < -0.39 is 0 Å². The SMILES string of the molecule is CCc1ccc(-c2nc3ccnc(-c4ccsc4)c3cc2-c2ccccc2)cc1. The molecule has 0 aliphatic heterocycles. The van der Waals surface area contributed by atoms with Gasteiger partial charge in [-0.3, -0.25) is 4.98 Å². The van der Waals surface area contributed by atoms with Crippen LogP contribution in [0.2, 0.25) is 0 Å². The average molecular weight is 393 g/mol. The van der Waals surface area contributed by atoms with Crippen LogP contribution in [-0.4, -0.2) is 9.97 Å². The van der Waals surface area contributed by atoms with Crippen LogP contribution in [0.15, 0.2) is 89.8 Å². The van der Waals surface area contributed by atoms with Crippen LogP contribution >= 0.6 is 11.3 Å². The topological polar surface area (TPSA) is 25.8 Å². The second-order valence-electron chi connectivity index (χ2n) is 7.04. The Hall–Kier alpha value is -3.30. The van der Waals surface area contributed by atoms with Gasteiger partial charge in [-0.1, -0.05) is 61.5 Å². The van der Waals surface area contributed by atoms with Crippen molar-refractivity contribution < 1.29 is 0 Å². The number of hydrogen-bond donors (Lipinski definition) is 0. The number of thiophene rings is 1. The van der Waals surface area contributed by atoms with E-state index in [0.29, 0.717) is 0 Å². The molecule has 0 aliphatic carbocycles. The Bertz CT molecular complexity index is 1260. The number of pyridine rings is 2. The number of hydrogen-bond acceptors (Lipinski definition) is 3. The van der Waals surface area contributed by atoms with Crippen molar-refractivity contribution in [2.75, 3.05) is 0 Å². The fourth-order valence-corrected chi connectivity index (χ4v) is 4.32. The largest absolute Gasteiger partial charge is 0.255 e. The van der Waals surface area contributed by atoms with Crippen molar-refractivity contribution in [3.63, 3.8) is 0 Å². The number of nitrogens with zero attached hydrogens (tertiary/aromatic N) is 2. The number of aromatic nitrogens is 2. The third-order valence-corrected chi connectivity index (χ3v) is 5.94. The molecule has 0 saturated heterocycles. The maximum atomic E-state index is 5.11. The minimum absolute atomic E-state index is 0.968. The van der Waals surface area contributed by atoms with Gasteiger partial charge in [0.2, 0.25) is 0 Å². The molecule has 140 valence electrons. The summed E-state index contributed by atoms with van der Waals surface area (Å²) in [7, 11) is 0. The molecular formula is C26H20N2S. The molecule has 0 N–H and O–H groups in total. The van der Waals surface area contributed by atoms with Crippen LogP contribution in [0.1, 0.15) is 12.5 Å². The maximum absolute atomic E-state index is 5.11. The predicted octanol–water partition coefficient (Wildman–Crippen LogP) is 7.25. The molecular weight excluding hydrogens is 372 g/mol. The van der Waals surface area contributed by atoms with Gasteiger partial charge in [-0.2, -0.15) is 11.3 Å². The smallest absolute Gasteiger partial charge is 0.0804 e. The lowest BCUT2D eigenvalue weighted by atomic mass is 9.96. The van der Waals surface area contributed by atoms with E-state index in [2.05, 4.69) is 83.3 Å². The van der Waals surface area contributed by atoms with Crippen molar-refractivity contribution in [1.29, 1.82) is 0 Å². The highest BCUT2D eigenvalue weighted by Gasteiger charge is 2.14. The van der Waals surface area contributed by atoms with Gasteiger partial charge in [-0.15, -0.1) is 0 Å². The summed E-state index contributed by atoms with van der Waals surface area (Å²) in [5.41, 5.74) is 8.87. The van der Waals surface area contributed by atoms with Crippen LogP contribution in [0.3, 0.4) is 0 Å². The third kappa shape index (κ3) is 3.34. The number of rotatable bonds is 4. The minimum Gasteiger partial charge on any atom is -0.255 e. The van der Waals surface area contributed by atoms with E-state index in [1.54, 1.807) is 11.3 Å². The Morgan fingerprint density at radius 2 is 1.62 bits per heavy atom. The molecule has 3 heterocycles. The predicted molar refractivity (Wildman–Crippen MR) is 123 cm³/mol. The van der Waals surface area contributed by atoms with E-state index in [1.165, 1.54) is 5.56 Å². The molecule has 0 atom stereocenters. The first kappa shape index (κ1) is 17.8. The molecule has 0 spiro atoms. The van der Waals surface area contributed by atoms with E-state index in [1.807, 2.05) is 18.3 Å². The van der Waals surface area contributed by atoms with Crippen LogP contribution in [0.4, 0.5) is 0 Å². The Balaban J connectivity index is 1.79. The van der Waals surface area contributed by atoms with E-state index in [4.69, 9.17) is 4.98 Å². The summed E-state index contributed by atoms with van der Waals surface area (Å²) in [5, 5.41) is 5.31. The maximum Gasteiger partial charge on any atom is 0.0804 e. The molecule has 2 nitrogen and oxygen atoms in total. The quantitative estimate of drug-likeness (QED) is 0.322. The van der Waals surface area contributed by atoms with Crippen molar-refractivity contribution in [3.8, 4) is 33.6 Å². The van der Waals surface area contributed by atoms with E-state index in [9.17, 15) is 0 Å². The number of fused-ring (bicyclic) bond motifs is 1. The first-order valence-electron chi connectivity index (χ1n) is 9.80. The average Bonchev–Trinajstić information content (AvgIpc) is 3.33. The summed E-state index contributed by atoms with van der Waals surface area (Å²) in [5.74, 6) is 0. The summed E-state index contributed by atoms with van der Waals surface area (Å²) in [6.45, 7) is 2.18. The van der Waals surface area contributed by atoms with Gasteiger partial charge in [-0.05, 0) is 41.1 Å². The Labute approximate surface area is 174 Å². The lowest BCUT2D eigenvalue weighted by Gasteiger charge is -2.13.